The maximum absolute atomic E-state index is 13.8. The van der Waals surface area contributed by atoms with Crippen LogP contribution >= 0.6 is 24.2 Å². The van der Waals surface area contributed by atoms with Gasteiger partial charge < -0.3 is 14.4 Å². The Kier molecular flexibility index (Phi) is 7.70. The van der Waals surface area contributed by atoms with E-state index in [1.165, 1.54) is 28.8 Å². The van der Waals surface area contributed by atoms with Crippen LogP contribution in [0.2, 0.25) is 0 Å². The highest BCUT2D eigenvalue weighted by atomic mass is 35.5. The van der Waals surface area contributed by atoms with Crippen molar-refractivity contribution < 1.29 is 23.5 Å². The fourth-order valence-electron chi connectivity index (χ4n) is 3.13. The van der Waals surface area contributed by atoms with Gasteiger partial charge in [0.25, 0.3) is 5.91 Å². The van der Waals surface area contributed by atoms with Crippen molar-refractivity contribution in [1.29, 1.82) is 0 Å². The number of carbonyl (C=O) groups is 2. The predicted octanol–water partition coefficient (Wildman–Crippen LogP) is 2.65. The number of morpholine rings is 1. The van der Waals surface area contributed by atoms with Crippen LogP contribution in [0.25, 0.3) is 6.08 Å². The molecule has 0 atom stereocenters. The number of ether oxygens (including phenoxy) is 2. The summed E-state index contributed by atoms with van der Waals surface area (Å²) in [5.74, 6) is -0.837. The van der Waals surface area contributed by atoms with Gasteiger partial charge in [-0.15, -0.1) is 12.4 Å². The second kappa shape index (κ2) is 10.3. The molecule has 162 valence electrons. The predicted molar refractivity (Wildman–Crippen MR) is 114 cm³/mol. The van der Waals surface area contributed by atoms with E-state index < -0.39 is 11.9 Å². The molecule has 0 bridgehead atoms. The average Bonchev–Trinajstić information content (AvgIpc) is 3.11. The van der Waals surface area contributed by atoms with Crippen molar-refractivity contribution in [2.45, 2.75) is 12.8 Å². The molecule has 0 spiro atoms. The molecule has 4 rings (SSSR count). The van der Waals surface area contributed by atoms with Crippen LogP contribution in [-0.4, -0.2) is 66.5 Å². The molecule has 2 amide bonds. The average molecular weight is 457 g/mol. The number of nitrogens with one attached hydrogen (secondary N) is 1. The topological polar surface area (TPSA) is 83.5 Å². The molecule has 1 aromatic carbocycles. The summed E-state index contributed by atoms with van der Waals surface area (Å²) in [6.45, 7) is 3.32. The highest BCUT2D eigenvalue weighted by molar-refractivity contribution is 8.18. The van der Waals surface area contributed by atoms with Gasteiger partial charge in [-0.05, 0) is 42.8 Å². The van der Waals surface area contributed by atoms with Crippen LogP contribution in [0.4, 0.5) is 9.18 Å². The molecule has 0 radical (unpaired) electrons. The van der Waals surface area contributed by atoms with Crippen LogP contribution in [0.5, 0.6) is 5.75 Å². The van der Waals surface area contributed by atoms with Gasteiger partial charge >= 0.3 is 6.09 Å². The van der Waals surface area contributed by atoms with Gasteiger partial charge in [0.15, 0.2) is 5.17 Å². The third-order valence-corrected chi connectivity index (χ3v) is 5.69. The van der Waals surface area contributed by atoms with E-state index in [-0.39, 0.29) is 24.1 Å². The van der Waals surface area contributed by atoms with Crippen molar-refractivity contribution in [2.24, 2.45) is 4.99 Å². The van der Waals surface area contributed by atoms with Crippen LogP contribution in [0.3, 0.4) is 0 Å². The Morgan fingerprint density at radius 1 is 1.27 bits per heavy atom. The van der Waals surface area contributed by atoms with Gasteiger partial charge in [0.2, 0.25) is 0 Å². The Morgan fingerprint density at radius 2 is 2.07 bits per heavy atom. The SMILES string of the molecule is Cl.O=C1N=C(N2CCCCN2)SC1=Cc1ccc(F)cc1OC(=O)N1CCOCC1. The van der Waals surface area contributed by atoms with E-state index in [9.17, 15) is 14.0 Å². The Bertz CT molecular complexity index is 870. The number of rotatable bonds is 2. The quantitative estimate of drug-likeness (QED) is 0.685. The number of hydrazine groups is 1. The number of amides is 2. The van der Waals surface area contributed by atoms with Crippen molar-refractivity contribution in [3.05, 3.63) is 34.5 Å². The lowest BCUT2D eigenvalue weighted by Gasteiger charge is -2.28. The zero-order valence-electron chi connectivity index (χ0n) is 16.1. The van der Waals surface area contributed by atoms with Crippen molar-refractivity contribution in [3.63, 3.8) is 0 Å². The summed E-state index contributed by atoms with van der Waals surface area (Å²) in [4.78, 5) is 30.7. The monoisotopic (exact) mass is 456 g/mol. The third-order valence-electron chi connectivity index (χ3n) is 4.68. The molecule has 1 aromatic rings. The Labute approximate surface area is 183 Å². The van der Waals surface area contributed by atoms with Gasteiger partial charge in [0.05, 0.1) is 18.1 Å². The van der Waals surface area contributed by atoms with E-state index in [0.717, 1.165) is 32.0 Å². The van der Waals surface area contributed by atoms with Crippen LogP contribution in [0, 0.1) is 5.82 Å². The molecule has 30 heavy (non-hydrogen) atoms. The van der Waals surface area contributed by atoms with E-state index in [2.05, 4.69) is 10.4 Å². The number of benzene rings is 1. The van der Waals surface area contributed by atoms with E-state index in [1.807, 2.05) is 5.01 Å². The van der Waals surface area contributed by atoms with E-state index in [4.69, 9.17) is 9.47 Å². The zero-order chi connectivity index (χ0) is 20.2. The largest absolute Gasteiger partial charge is 0.415 e. The molecule has 0 aromatic heterocycles. The normalized spacial score (nSPS) is 20.8. The van der Waals surface area contributed by atoms with Crippen molar-refractivity contribution in [2.75, 3.05) is 39.4 Å². The summed E-state index contributed by atoms with van der Waals surface area (Å²) in [7, 11) is 0. The summed E-state index contributed by atoms with van der Waals surface area (Å²) >= 11 is 1.24. The fourth-order valence-corrected chi connectivity index (χ4v) is 4.04. The minimum Gasteiger partial charge on any atom is -0.409 e. The molecular weight excluding hydrogens is 435 g/mol. The molecule has 0 aliphatic carbocycles. The van der Waals surface area contributed by atoms with Gasteiger partial charge in [-0.3, -0.25) is 9.80 Å². The van der Waals surface area contributed by atoms with Gasteiger partial charge in [0.1, 0.15) is 11.6 Å². The number of thioether (sulfide) groups is 1. The van der Waals surface area contributed by atoms with Gasteiger partial charge in [-0.2, -0.15) is 4.99 Å². The van der Waals surface area contributed by atoms with Gasteiger partial charge in [0, 0.05) is 37.8 Å². The van der Waals surface area contributed by atoms with Gasteiger partial charge in [-0.1, -0.05) is 0 Å². The van der Waals surface area contributed by atoms with Gasteiger partial charge in [-0.25, -0.2) is 14.6 Å². The van der Waals surface area contributed by atoms with Crippen LogP contribution in [0.15, 0.2) is 28.1 Å². The first-order valence-electron chi connectivity index (χ1n) is 9.48. The molecule has 2 saturated heterocycles. The third kappa shape index (κ3) is 5.31. The number of halogens is 2. The van der Waals surface area contributed by atoms with Crippen LogP contribution in [0.1, 0.15) is 18.4 Å². The number of amidine groups is 1. The number of hydrogen-bond donors (Lipinski definition) is 1. The maximum Gasteiger partial charge on any atom is 0.415 e. The first-order chi connectivity index (χ1) is 14.1. The molecule has 8 nitrogen and oxygen atoms in total. The molecule has 2 fully saturated rings. The minimum absolute atomic E-state index is 0. The molecule has 11 heteroatoms. The Morgan fingerprint density at radius 3 is 2.80 bits per heavy atom. The first kappa shape index (κ1) is 22.5. The minimum atomic E-state index is -0.571. The molecule has 1 N–H and O–H groups in total. The molecule has 0 saturated carbocycles. The second-order valence-electron chi connectivity index (χ2n) is 6.73. The second-order valence-corrected chi connectivity index (χ2v) is 7.74. The van der Waals surface area contributed by atoms with Crippen LogP contribution in [-0.2, 0) is 9.53 Å². The number of carbonyl (C=O) groups excluding carboxylic acids is 2. The van der Waals surface area contributed by atoms with E-state index in [0.29, 0.717) is 41.9 Å². The van der Waals surface area contributed by atoms with Crippen molar-refractivity contribution >= 4 is 47.4 Å². The summed E-state index contributed by atoms with van der Waals surface area (Å²) in [5, 5.41) is 2.46. The lowest BCUT2D eigenvalue weighted by Crippen LogP contribution is -2.45. The summed E-state index contributed by atoms with van der Waals surface area (Å²) in [6.07, 6.45) is 3.12. The molecular formula is C19H22ClFN4O4S. The lowest BCUT2D eigenvalue weighted by molar-refractivity contribution is -0.113. The standard InChI is InChI=1S/C19H21FN4O4S.ClH/c20-14-4-3-13(15(12-14)28-19(26)23-7-9-27-10-8-23)11-16-17(25)22-18(29-16)24-6-2-1-5-21-24;/h3-4,11-12,21H,1-2,5-10H2;1H. The number of hydrogen-bond acceptors (Lipinski definition) is 7. The smallest absolute Gasteiger partial charge is 0.409 e. The van der Waals surface area contributed by atoms with Crippen molar-refractivity contribution in [1.82, 2.24) is 15.3 Å². The molecule has 3 aliphatic rings. The first-order valence-corrected chi connectivity index (χ1v) is 10.3. The number of aliphatic imine (C=N–C) groups is 1. The molecule has 3 aliphatic heterocycles. The zero-order valence-corrected chi connectivity index (χ0v) is 17.8. The van der Waals surface area contributed by atoms with E-state index >= 15 is 0 Å². The summed E-state index contributed by atoms with van der Waals surface area (Å²) < 4.78 is 24.4. The molecule has 3 heterocycles. The Hall–Kier alpha value is -2.14. The van der Waals surface area contributed by atoms with Crippen LogP contribution < -0.4 is 10.2 Å². The highest BCUT2D eigenvalue weighted by Crippen LogP contribution is 2.33. The maximum atomic E-state index is 13.8. The van der Waals surface area contributed by atoms with Crippen molar-refractivity contribution in [3.8, 4) is 5.75 Å². The fraction of sp³-hybridized carbons (Fsp3) is 0.421. The summed E-state index contributed by atoms with van der Waals surface area (Å²) in [6, 6.07) is 3.88. The summed E-state index contributed by atoms with van der Waals surface area (Å²) in [5.41, 5.74) is 3.65. The molecule has 0 unspecified atom stereocenters. The number of nitrogens with zero attached hydrogens (tertiary/aromatic N) is 3. The lowest BCUT2D eigenvalue weighted by atomic mass is 10.2. The van der Waals surface area contributed by atoms with E-state index in [1.54, 1.807) is 6.08 Å². The highest BCUT2D eigenvalue weighted by Gasteiger charge is 2.28. The Balaban J connectivity index is 0.00000256.